The van der Waals surface area contributed by atoms with Gasteiger partial charge in [-0.1, -0.05) is 6.92 Å². The lowest BCUT2D eigenvalue weighted by molar-refractivity contribution is -0.118. The number of pyridine rings is 1. The summed E-state index contributed by atoms with van der Waals surface area (Å²) in [7, 11) is 0. The maximum Gasteiger partial charge on any atom is 0.238 e. The molecule has 0 spiro atoms. The highest BCUT2D eigenvalue weighted by atomic mass is 16.3. The number of hydrogen-bond donors (Lipinski definition) is 2. The van der Waals surface area contributed by atoms with Crippen molar-refractivity contribution in [3.05, 3.63) is 24.5 Å². The summed E-state index contributed by atoms with van der Waals surface area (Å²) in [6.45, 7) is 7.70. The number of piperazine rings is 1. The molecule has 1 aromatic heterocycles. The van der Waals surface area contributed by atoms with E-state index in [9.17, 15) is 9.90 Å². The molecule has 0 aliphatic carbocycles. The Kier molecular flexibility index (Phi) is 6.30. The number of hydrogen-bond acceptors (Lipinski definition) is 5. The Labute approximate surface area is 132 Å². The van der Waals surface area contributed by atoms with E-state index in [-0.39, 0.29) is 12.0 Å². The monoisotopic (exact) mass is 306 g/mol. The summed E-state index contributed by atoms with van der Waals surface area (Å²) in [6.07, 6.45) is 4.04. The molecule has 6 nitrogen and oxygen atoms in total. The van der Waals surface area contributed by atoms with Crippen LogP contribution >= 0.6 is 0 Å². The first kappa shape index (κ1) is 16.9. The quantitative estimate of drug-likeness (QED) is 0.813. The second kappa shape index (κ2) is 8.22. The van der Waals surface area contributed by atoms with Crippen molar-refractivity contribution in [1.82, 2.24) is 14.8 Å². The molecular formula is C16H26N4O2. The first-order valence-electron chi connectivity index (χ1n) is 7.92. The largest absolute Gasteiger partial charge is 0.392 e. The number of carbonyl (C=O) groups is 1. The molecule has 2 atom stereocenters. The lowest BCUT2D eigenvalue weighted by atomic mass is 10.1. The molecule has 0 bridgehead atoms. The van der Waals surface area contributed by atoms with Gasteiger partial charge in [0.25, 0.3) is 0 Å². The highest BCUT2D eigenvalue weighted by Gasteiger charge is 2.27. The van der Waals surface area contributed by atoms with Gasteiger partial charge in [0.1, 0.15) is 0 Å². The summed E-state index contributed by atoms with van der Waals surface area (Å²) in [5, 5.41) is 12.5. The molecule has 22 heavy (non-hydrogen) atoms. The van der Waals surface area contributed by atoms with Crippen LogP contribution in [0, 0.1) is 0 Å². The second-order valence-corrected chi connectivity index (χ2v) is 5.93. The van der Waals surface area contributed by atoms with Crippen LogP contribution in [0.5, 0.6) is 0 Å². The van der Waals surface area contributed by atoms with E-state index in [1.54, 1.807) is 24.5 Å². The molecule has 1 fully saturated rings. The molecule has 0 saturated carbocycles. The van der Waals surface area contributed by atoms with Crippen molar-refractivity contribution in [2.45, 2.75) is 32.4 Å². The van der Waals surface area contributed by atoms with Crippen LogP contribution in [0.3, 0.4) is 0 Å². The number of nitrogens with zero attached hydrogens (tertiary/aromatic N) is 3. The van der Waals surface area contributed by atoms with Crippen LogP contribution in [0.2, 0.25) is 0 Å². The van der Waals surface area contributed by atoms with E-state index >= 15 is 0 Å². The average molecular weight is 306 g/mol. The molecule has 1 aliphatic rings. The molecule has 0 unspecified atom stereocenters. The fourth-order valence-electron chi connectivity index (χ4n) is 2.91. The number of nitrogens with one attached hydrogen (secondary N) is 1. The minimum absolute atomic E-state index is 0.00466. The number of anilines is 1. The van der Waals surface area contributed by atoms with E-state index in [1.807, 2.05) is 6.92 Å². The normalized spacial score (nSPS) is 21.5. The molecule has 0 radical (unpaired) electrons. The Morgan fingerprint density at radius 3 is 2.82 bits per heavy atom. The van der Waals surface area contributed by atoms with Crippen molar-refractivity contribution in [3.63, 3.8) is 0 Å². The van der Waals surface area contributed by atoms with Gasteiger partial charge in [0.05, 0.1) is 12.6 Å². The third-order valence-electron chi connectivity index (χ3n) is 3.99. The van der Waals surface area contributed by atoms with Crippen LogP contribution in [0.15, 0.2) is 24.5 Å². The molecule has 1 aliphatic heterocycles. The number of rotatable bonds is 6. The van der Waals surface area contributed by atoms with Gasteiger partial charge in [-0.2, -0.15) is 0 Å². The van der Waals surface area contributed by atoms with E-state index in [0.717, 1.165) is 31.7 Å². The van der Waals surface area contributed by atoms with Crippen molar-refractivity contribution < 1.29 is 9.90 Å². The van der Waals surface area contributed by atoms with Gasteiger partial charge >= 0.3 is 0 Å². The van der Waals surface area contributed by atoms with E-state index in [2.05, 4.69) is 27.0 Å². The molecule has 0 aromatic carbocycles. The minimum atomic E-state index is -0.310. The van der Waals surface area contributed by atoms with Gasteiger partial charge in [0, 0.05) is 50.3 Å². The first-order valence-corrected chi connectivity index (χ1v) is 7.92. The molecule has 122 valence electrons. The second-order valence-electron chi connectivity index (χ2n) is 5.93. The average Bonchev–Trinajstić information content (AvgIpc) is 2.49. The molecular weight excluding hydrogens is 280 g/mol. The number of aromatic nitrogens is 1. The zero-order chi connectivity index (χ0) is 15.9. The molecule has 6 heteroatoms. The Morgan fingerprint density at radius 1 is 1.45 bits per heavy atom. The zero-order valence-corrected chi connectivity index (χ0v) is 13.4. The molecule has 1 amide bonds. The lowest BCUT2D eigenvalue weighted by Crippen LogP contribution is -2.55. The van der Waals surface area contributed by atoms with Gasteiger partial charge in [-0.15, -0.1) is 0 Å². The summed E-state index contributed by atoms with van der Waals surface area (Å²) < 4.78 is 0. The van der Waals surface area contributed by atoms with Crippen LogP contribution in [0.25, 0.3) is 0 Å². The fourth-order valence-corrected chi connectivity index (χ4v) is 2.91. The maximum absolute atomic E-state index is 12.1. The molecule has 2 rings (SSSR count). The van der Waals surface area contributed by atoms with Gasteiger partial charge in [0.15, 0.2) is 0 Å². The zero-order valence-electron chi connectivity index (χ0n) is 13.4. The number of aliphatic hydroxyl groups excluding tert-OH is 1. The van der Waals surface area contributed by atoms with E-state index in [0.29, 0.717) is 19.1 Å². The van der Waals surface area contributed by atoms with Crippen molar-refractivity contribution in [2.24, 2.45) is 0 Å². The smallest absolute Gasteiger partial charge is 0.238 e. The molecule has 1 aromatic rings. The summed E-state index contributed by atoms with van der Waals surface area (Å²) in [5.41, 5.74) is 0.778. The van der Waals surface area contributed by atoms with Crippen molar-refractivity contribution in [2.75, 3.05) is 38.0 Å². The summed E-state index contributed by atoms with van der Waals surface area (Å²) in [5.74, 6) is 0.00466. The number of carbonyl (C=O) groups excluding carboxylic acids is 1. The van der Waals surface area contributed by atoms with Gasteiger partial charge in [-0.25, -0.2) is 0 Å². The van der Waals surface area contributed by atoms with Crippen molar-refractivity contribution >= 4 is 11.6 Å². The molecule has 2 heterocycles. The third kappa shape index (κ3) is 5.05. The Hall–Kier alpha value is -1.50. The molecule has 2 N–H and O–H groups in total. The lowest BCUT2D eigenvalue weighted by Gasteiger charge is -2.41. The first-order chi connectivity index (χ1) is 10.6. The van der Waals surface area contributed by atoms with E-state index < -0.39 is 0 Å². The predicted molar refractivity (Wildman–Crippen MR) is 86.6 cm³/mol. The Morgan fingerprint density at radius 2 is 2.18 bits per heavy atom. The van der Waals surface area contributed by atoms with Crippen LogP contribution in [-0.2, 0) is 4.79 Å². The summed E-state index contributed by atoms with van der Waals surface area (Å²) >= 11 is 0. The number of aliphatic hydroxyl groups is 1. The predicted octanol–water partition coefficient (Wildman–Crippen LogP) is 0.797. The summed E-state index contributed by atoms with van der Waals surface area (Å²) in [4.78, 5) is 20.5. The van der Waals surface area contributed by atoms with Crippen molar-refractivity contribution in [3.8, 4) is 0 Å². The van der Waals surface area contributed by atoms with Crippen LogP contribution in [-0.4, -0.2) is 70.7 Å². The SMILES string of the molecule is CC[C@H]1CN(CC(=O)Nc2ccncc2)CCN1C[C@H](C)O. The Bertz CT molecular complexity index is 466. The van der Waals surface area contributed by atoms with Gasteiger partial charge in [0.2, 0.25) is 5.91 Å². The van der Waals surface area contributed by atoms with Gasteiger partial charge < -0.3 is 10.4 Å². The summed E-state index contributed by atoms with van der Waals surface area (Å²) in [6, 6.07) is 3.97. The number of β-amino-alcohol motifs (C(OH)–C–C–N with tert-alkyl or cyclic N) is 1. The van der Waals surface area contributed by atoms with Crippen LogP contribution in [0.1, 0.15) is 20.3 Å². The van der Waals surface area contributed by atoms with Crippen molar-refractivity contribution in [1.29, 1.82) is 0 Å². The minimum Gasteiger partial charge on any atom is -0.392 e. The van der Waals surface area contributed by atoms with E-state index in [1.165, 1.54) is 0 Å². The number of amides is 1. The van der Waals surface area contributed by atoms with Gasteiger partial charge in [-0.05, 0) is 25.5 Å². The van der Waals surface area contributed by atoms with Crippen LogP contribution < -0.4 is 5.32 Å². The highest BCUT2D eigenvalue weighted by Crippen LogP contribution is 2.13. The van der Waals surface area contributed by atoms with Crippen LogP contribution in [0.4, 0.5) is 5.69 Å². The molecule has 1 saturated heterocycles. The Balaban J connectivity index is 1.83. The topological polar surface area (TPSA) is 68.7 Å². The standard InChI is InChI=1S/C16H26N4O2/c1-3-15-11-19(8-9-20(15)10-13(2)21)12-16(22)18-14-4-6-17-7-5-14/h4-7,13,15,21H,3,8-12H2,1-2H3,(H,17,18,22)/t13-,15-/m0/s1. The fraction of sp³-hybridized carbons (Fsp3) is 0.625. The van der Waals surface area contributed by atoms with E-state index in [4.69, 9.17) is 0 Å². The highest BCUT2D eigenvalue weighted by molar-refractivity contribution is 5.92. The maximum atomic E-state index is 12.1. The van der Waals surface area contributed by atoms with Gasteiger partial charge in [-0.3, -0.25) is 19.6 Å². The third-order valence-corrected chi connectivity index (χ3v) is 3.99.